The summed E-state index contributed by atoms with van der Waals surface area (Å²) in [5.74, 6) is -0.256. The highest BCUT2D eigenvalue weighted by atomic mass is 16.5. The molecule has 0 aliphatic heterocycles. The van der Waals surface area contributed by atoms with Crippen molar-refractivity contribution in [2.24, 2.45) is 0 Å². The maximum Gasteiger partial charge on any atom is 0.330 e. The van der Waals surface area contributed by atoms with E-state index in [1.54, 1.807) is 0 Å². The molecule has 0 spiro atoms. The first kappa shape index (κ1) is 12.2. The Morgan fingerprint density at radius 2 is 1.92 bits per heavy atom. The van der Waals surface area contributed by atoms with E-state index in [4.69, 9.17) is 0 Å². The first-order chi connectivity index (χ1) is 6.31. The van der Waals surface area contributed by atoms with Crippen molar-refractivity contribution in [3.63, 3.8) is 0 Å². The lowest BCUT2D eigenvalue weighted by Gasteiger charge is -1.95. The molecule has 2 heteroatoms. The molecule has 0 bridgehead atoms. The van der Waals surface area contributed by atoms with Crippen LogP contribution in [0.25, 0.3) is 0 Å². The van der Waals surface area contributed by atoms with Gasteiger partial charge < -0.3 is 4.74 Å². The van der Waals surface area contributed by atoms with Crippen LogP contribution in [0.4, 0.5) is 0 Å². The van der Waals surface area contributed by atoms with E-state index in [0.717, 1.165) is 6.42 Å². The molecule has 0 aliphatic rings. The van der Waals surface area contributed by atoms with Crippen LogP contribution in [0.3, 0.4) is 0 Å². The van der Waals surface area contributed by atoms with Gasteiger partial charge >= 0.3 is 5.97 Å². The van der Waals surface area contributed by atoms with Crippen LogP contribution >= 0.6 is 0 Å². The molecule has 0 aromatic rings. The number of ether oxygens (including phenoxy) is 1. The summed E-state index contributed by atoms with van der Waals surface area (Å²) in [4.78, 5) is 10.6. The van der Waals surface area contributed by atoms with Crippen molar-refractivity contribution in [3.8, 4) is 0 Å². The smallest absolute Gasteiger partial charge is 0.330 e. The summed E-state index contributed by atoms with van der Waals surface area (Å²) in [5.41, 5.74) is 0. The van der Waals surface area contributed by atoms with Gasteiger partial charge in [0.05, 0.1) is 7.11 Å². The highest BCUT2D eigenvalue weighted by Crippen LogP contribution is 2.05. The zero-order valence-corrected chi connectivity index (χ0v) is 8.71. The second kappa shape index (κ2) is 9.30. The molecule has 0 rings (SSSR count). The van der Waals surface area contributed by atoms with Crippen LogP contribution < -0.4 is 0 Å². The topological polar surface area (TPSA) is 26.3 Å². The van der Waals surface area contributed by atoms with Crippen LogP contribution in [0.5, 0.6) is 0 Å². The van der Waals surface area contributed by atoms with Gasteiger partial charge in [0.15, 0.2) is 0 Å². The molecule has 0 amide bonds. The number of carbonyl (C=O) groups is 1. The Balaban J connectivity index is 3.15. The number of methoxy groups -OCH3 is 1. The fourth-order valence-electron chi connectivity index (χ4n) is 1.11. The lowest BCUT2D eigenvalue weighted by molar-refractivity contribution is -0.134. The molecule has 0 atom stereocenters. The predicted octanol–water partition coefficient (Wildman–Crippen LogP) is 3.08. The third-order valence-electron chi connectivity index (χ3n) is 1.93. The summed E-state index contributed by atoms with van der Waals surface area (Å²) < 4.78 is 4.47. The lowest BCUT2D eigenvalue weighted by atomic mass is 10.1. The summed E-state index contributed by atoms with van der Waals surface area (Å²) in [7, 11) is 1.40. The number of rotatable bonds is 7. The average molecular weight is 184 g/mol. The minimum Gasteiger partial charge on any atom is -0.466 e. The van der Waals surface area contributed by atoms with E-state index < -0.39 is 0 Å². The minimum atomic E-state index is -0.256. The van der Waals surface area contributed by atoms with Crippen molar-refractivity contribution in [2.45, 2.75) is 45.4 Å². The molecule has 0 fully saturated rings. The molecule has 0 aromatic heterocycles. The van der Waals surface area contributed by atoms with E-state index in [0.29, 0.717) is 0 Å². The fourth-order valence-corrected chi connectivity index (χ4v) is 1.11. The molecular weight excluding hydrogens is 164 g/mol. The van der Waals surface area contributed by atoms with Crippen molar-refractivity contribution in [1.82, 2.24) is 0 Å². The molecule has 0 saturated carbocycles. The Hall–Kier alpha value is -0.790. The highest BCUT2D eigenvalue weighted by molar-refractivity contribution is 5.81. The van der Waals surface area contributed by atoms with E-state index in [1.165, 1.54) is 45.3 Å². The third-order valence-corrected chi connectivity index (χ3v) is 1.93. The van der Waals surface area contributed by atoms with Gasteiger partial charge in [0.2, 0.25) is 0 Å². The number of hydrogen-bond acceptors (Lipinski definition) is 2. The molecule has 0 N–H and O–H groups in total. The quantitative estimate of drug-likeness (QED) is 0.345. The van der Waals surface area contributed by atoms with E-state index in [1.807, 2.05) is 6.08 Å². The van der Waals surface area contributed by atoms with Gasteiger partial charge in [-0.3, -0.25) is 0 Å². The van der Waals surface area contributed by atoms with Gasteiger partial charge in [-0.15, -0.1) is 0 Å². The van der Waals surface area contributed by atoms with Crippen molar-refractivity contribution in [2.75, 3.05) is 7.11 Å². The van der Waals surface area contributed by atoms with Gasteiger partial charge in [0.25, 0.3) is 0 Å². The molecule has 0 unspecified atom stereocenters. The Morgan fingerprint density at radius 3 is 2.54 bits per heavy atom. The maximum atomic E-state index is 10.6. The van der Waals surface area contributed by atoms with Crippen LogP contribution in [-0.4, -0.2) is 13.1 Å². The van der Waals surface area contributed by atoms with Crippen LogP contribution in [0.15, 0.2) is 12.2 Å². The Morgan fingerprint density at radius 1 is 1.23 bits per heavy atom. The largest absolute Gasteiger partial charge is 0.466 e. The van der Waals surface area contributed by atoms with Crippen LogP contribution in [0.2, 0.25) is 0 Å². The molecule has 2 nitrogen and oxygen atoms in total. The van der Waals surface area contributed by atoms with Gasteiger partial charge in [-0.1, -0.05) is 38.7 Å². The van der Waals surface area contributed by atoms with Gasteiger partial charge in [-0.2, -0.15) is 0 Å². The number of carbonyl (C=O) groups excluding carboxylic acids is 1. The molecule has 0 aliphatic carbocycles. The van der Waals surface area contributed by atoms with Gasteiger partial charge in [0.1, 0.15) is 0 Å². The second-order valence-electron chi connectivity index (χ2n) is 3.13. The van der Waals surface area contributed by atoms with E-state index in [2.05, 4.69) is 11.7 Å². The lowest BCUT2D eigenvalue weighted by Crippen LogP contribution is -1.93. The number of esters is 1. The minimum absolute atomic E-state index is 0.256. The summed E-state index contributed by atoms with van der Waals surface area (Å²) in [6.07, 6.45) is 10.7. The average Bonchev–Trinajstić information content (AvgIpc) is 2.16. The van der Waals surface area contributed by atoms with Crippen molar-refractivity contribution >= 4 is 5.97 Å². The molecule has 76 valence electrons. The van der Waals surface area contributed by atoms with Crippen molar-refractivity contribution in [1.29, 1.82) is 0 Å². The van der Waals surface area contributed by atoms with E-state index in [9.17, 15) is 4.79 Å². The van der Waals surface area contributed by atoms with E-state index in [-0.39, 0.29) is 5.97 Å². The van der Waals surface area contributed by atoms with Crippen LogP contribution in [0.1, 0.15) is 45.4 Å². The summed E-state index contributed by atoms with van der Waals surface area (Å²) in [6, 6.07) is 0. The first-order valence-electron chi connectivity index (χ1n) is 5.05. The zero-order chi connectivity index (χ0) is 9.94. The summed E-state index contributed by atoms with van der Waals surface area (Å²) in [5, 5.41) is 0. The number of hydrogen-bond donors (Lipinski definition) is 0. The Bertz CT molecular complexity index is 150. The highest BCUT2D eigenvalue weighted by Gasteiger charge is 1.90. The van der Waals surface area contributed by atoms with Crippen LogP contribution in [0, 0.1) is 0 Å². The van der Waals surface area contributed by atoms with Crippen LogP contribution in [-0.2, 0) is 9.53 Å². The standard InChI is InChI=1S/C11H20O2/c1-3-4-5-6-7-8-9-10-11(12)13-2/h9-10H,3-8H2,1-2H3/b10-9-. The fraction of sp³-hybridized carbons (Fsp3) is 0.727. The summed E-state index contributed by atoms with van der Waals surface area (Å²) in [6.45, 7) is 2.21. The SMILES string of the molecule is CCCCCCC/C=C\C(=O)OC. The Labute approximate surface area is 81.0 Å². The third kappa shape index (κ3) is 9.12. The monoisotopic (exact) mass is 184 g/mol. The molecule has 0 radical (unpaired) electrons. The van der Waals surface area contributed by atoms with Gasteiger partial charge in [-0.05, 0) is 12.8 Å². The van der Waals surface area contributed by atoms with Crippen molar-refractivity contribution < 1.29 is 9.53 Å². The molecular formula is C11H20O2. The maximum absolute atomic E-state index is 10.6. The second-order valence-corrected chi connectivity index (χ2v) is 3.13. The molecule has 0 aromatic carbocycles. The molecule has 0 saturated heterocycles. The van der Waals surface area contributed by atoms with E-state index >= 15 is 0 Å². The normalized spacial score (nSPS) is 10.6. The Kier molecular flexibility index (Phi) is 8.73. The van der Waals surface area contributed by atoms with Gasteiger partial charge in [0, 0.05) is 6.08 Å². The first-order valence-corrected chi connectivity index (χ1v) is 5.05. The molecule has 0 heterocycles. The van der Waals surface area contributed by atoms with Crippen molar-refractivity contribution in [3.05, 3.63) is 12.2 Å². The van der Waals surface area contributed by atoms with Gasteiger partial charge in [-0.25, -0.2) is 4.79 Å². The number of unbranched alkanes of at least 4 members (excludes halogenated alkanes) is 5. The predicted molar refractivity (Wildman–Crippen MR) is 54.5 cm³/mol. The number of allylic oxidation sites excluding steroid dienone is 1. The zero-order valence-electron chi connectivity index (χ0n) is 8.71. The summed E-state index contributed by atoms with van der Waals surface area (Å²) >= 11 is 0. The molecule has 13 heavy (non-hydrogen) atoms.